The summed E-state index contributed by atoms with van der Waals surface area (Å²) in [5, 5.41) is 2.04. The van der Waals surface area contributed by atoms with E-state index >= 15 is 0 Å². The lowest BCUT2D eigenvalue weighted by molar-refractivity contribution is -0.155. The van der Waals surface area contributed by atoms with Gasteiger partial charge in [-0.3, -0.25) is 4.79 Å². The van der Waals surface area contributed by atoms with E-state index in [2.05, 4.69) is 0 Å². The number of rotatable bonds is 6. The number of halogens is 3. The largest absolute Gasteiger partial charge is 0.481 e. The van der Waals surface area contributed by atoms with Gasteiger partial charge in [-0.15, -0.1) is 0 Å². The molecule has 0 fully saturated rings. The number of amides is 1. The van der Waals surface area contributed by atoms with Crippen molar-refractivity contribution in [2.75, 3.05) is 11.9 Å². The Bertz CT molecular complexity index is 850. The molecule has 0 aliphatic carbocycles. The number of ether oxygens (including phenoxy) is 2. The van der Waals surface area contributed by atoms with Gasteiger partial charge >= 0.3 is 5.97 Å². The lowest BCUT2D eigenvalue weighted by Gasteiger charge is -2.15. The normalized spacial score (nSPS) is 11.6. The lowest BCUT2D eigenvalue weighted by Crippen LogP contribution is -2.32. The monoisotopic (exact) mass is 381 g/mol. The number of esters is 1. The summed E-state index contributed by atoms with van der Waals surface area (Å²) in [6, 6.07) is 7.02. The first-order valence-corrected chi connectivity index (χ1v) is 8.03. The van der Waals surface area contributed by atoms with Gasteiger partial charge in [-0.25, -0.2) is 18.0 Å². The van der Waals surface area contributed by atoms with Crippen molar-refractivity contribution >= 4 is 17.6 Å². The standard InChI is InChI=1S/C19H18F3NO4/c1-10-5-4-6-11(2)18(10)26-9-15(24)27-12(3)19(25)23-14-8-7-13(20)16(21)17(14)22/h4-8,12H,9H2,1-3H3,(H,23,25)/t12-/m0/s1. The van der Waals surface area contributed by atoms with Crippen molar-refractivity contribution in [1.82, 2.24) is 0 Å². The molecule has 27 heavy (non-hydrogen) atoms. The van der Waals surface area contributed by atoms with Crippen molar-refractivity contribution < 1.29 is 32.2 Å². The number of carbonyl (C=O) groups is 2. The number of aryl methyl sites for hydroxylation is 2. The Labute approximate surface area is 154 Å². The molecule has 0 saturated heterocycles. The minimum Gasteiger partial charge on any atom is -0.481 e. The zero-order valence-electron chi connectivity index (χ0n) is 14.9. The number of para-hydroxylation sites is 1. The Kier molecular flexibility index (Phi) is 6.44. The van der Waals surface area contributed by atoms with E-state index < -0.39 is 47.7 Å². The third kappa shape index (κ3) is 4.99. The van der Waals surface area contributed by atoms with Gasteiger partial charge in [0.05, 0.1) is 5.69 Å². The third-order valence-corrected chi connectivity index (χ3v) is 3.71. The highest BCUT2D eigenvalue weighted by molar-refractivity contribution is 5.95. The van der Waals surface area contributed by atoms with Crippen LogP contribution in [0.3, 0.4) is 0 Å². The number of carbonyl (C=O) groups excluding carboxylic acids is 2. The zero-order valence-corrected chi connectivity index (χ0v) is 14.9. The van der Waals surface area contributed by atoms with Gasteiger partial charge in [-0.05, 0) is 44.0 Å². The second kappa shape index (κ2) is 8.57. The van der Waals surface area contributed by atoms with Gasteiger partial charge in [0.25, 0.3) is 5.91 Å². The molecule has 0 unspecified atom stereocenters. The summed E-state index contributed by atoms with van der Waals surface area (Å²) in [5.41, 5.74) is 1.11. The van der Waals surface area contributed by atoms with E-state index in [9.17, 15) is 22.8 Å². The topological polar surface area (TPSA) is 64.6 Å². The van der Waals surface area contributed by atoms with Gasteiger partial charge in [0.1, 0.15) is 5.75 Å². The smallest absolute Gasteiger partial charge is 0.344 e. The van der Waals surface area contributed by atoms with Crippen LogP contribution in [0, 0.1) is 31.3 Å². The van der Waals surface area contributed by atoms with Crippen LogP contribution in [0.2, 0.25) is 0 Å². The highest BCUT2D eigenvalue weighted by atomic mass is 19.2. The molecule has 2 rings (SSSR count). The number of hydrogen-bond acceptors (Lipinski definition) is 4. The molecule has 2 aromatic rings. The quantitative estimate of drug-likeness (QED) is 0.613. The first kappa shape index (κ1) is 20.3. The van der Waals surface area contributed by atoms with Crippen molar-refractivity contribution in [2.24, 2.45) is 0 Å². The minimum absolute atomic E-state index is 0.428. The van der Waals surface area contributed by atoms with Gasteiger partial charge in [-0.2, -0.15) is 0 Å². The summed E-state index contributed by atoms with van der Waals surface area (Å²) < 4.78 is 50.0. The summed E-state index contributed by atoms with van der Waals surface area (Å²) >= 11 is 0. The van der Waals surface area contributed by atoms with Gasteiger partial charge < -0.3 is 14.8 Å². The third-order valence-electron chi connectivity index (χ3n) is 3.71. The predicted molar refractivity (Wildman–Crippen MR) is 91.9 cm³/mol. The molecule has 2 aromatic carbocycles. The summed E-state index contributed by atoms with van der Waals surface area (Å²) in [7, 11) is 0. The molecule has 0 aromatic heterocycles. The van der Waals surface area contributed by atoms with E-state index in [0.717, 1.165) is 17.2 Å². The molecular weight excluding hydrogens is 363 g/mol. The van der Waals surface area contributed by atoms with Gasteiger partial charge in [0.2, 0.25) is 0 Å². The zero-order chi connectivity index (χ0) is 20.1. The molecule has 0 heterocycles. The van der Waals surface area contributed by atoms with E-state index in [1.54, 1.807) is 0 Å². The Morgan fingerprint density at radius 2 is 1.67 bits per heavy atom. The molecule has 1 N–H and O–H groups in total. The molecule has 144 valence electrons. The molecule has 0 spiro atoms. The Balaban J connectivity index is 1.92. The van der Waals surface area contributed by atoms with Crippen LogP contribution in [0.5, 0.6) is 5.75 Å². The van der Waals surface area contributed by atoms with Gasteiger partial charge in [-0.1, -0.05) is 18.2 Å². The fraction of sp³-hybridized carbons (Fsp3) is 0.263. The molecule has 5 nitrogen and oxygen atoms in total. The fourth-order valence-electron chi connectivity index (χ4n) is 2.30. The number of nitrogens with one attached hydrogen (secondary N) is 1. The SMILES string of the molecule is Cc1cccc(C)c1OCC(=O)O[C@@H](C)C(=O)Nc1ccc(F)c(F)c1F. The molecule has 0 saturated carbocycles. The summed E-state index contributed by atoms with van der Waals surface area (Å²) in [6.45, 7) is 4.47. The van der Waals surface area contributed by atoms with Crippen molar-refractivity contribution in [3.63, 3.8) is 0 Å². The van der Waals surface area contributed by atoms with Crippen molar-refractivity contribution in [3.05, 3.63) is 58.9 Å². The average Bonchev–Trinajstić information content (AvgIpc) is 2.61. The van der Waals surface area contributed by atoms with Crippen LogP contribution in [0.15, 0.2) is 30.3 Å². The number of benzene rings is 2. The van der Waals surface area contributed by atoms with E-state index in [1.165, 1.54) is 6.92 Å². The second-order valence-electron chi connectivity index (χ2n) is 5.85. The number of anilines is 1. The Hall–Kier alpha value is -3.03. The summed E-state index contributed by atoms with van der Waals surface area (Å²) in [5.74, 6) is -5.81. The lowest BCUT2D eigenvalue weighted by atomic mass is 10.1. The van der Waals surface area contributed by atoms with Crippen LogP contribution in [-0.4, -0.2) is 24.6 Å². The van der Waals surface area contributed by atoms with Crippen molar-refractivity contribution in [3.8, 4) is 5.75 Å². The van der Waals surface area contributed by atoms with E-state index in [1.807, 2.05) is 37.4 Å². The maximum Gasteiger partial charge on any atom is 0.344 e. The second-order valence-corrected chi connectivity index (χ2v) is 5.85. The molecule has 8 heteroatoms. The van der Waals surface area contributed by atoms with Gasteiger partial charge in [0.15, 0.2) is 30.2 Å². The highest BCUT2D eigenvalue weighted by Gasteiger charge is 2.21. The highest BCUT2D eigenvalue weighted by Crippen LogP contribution is 2.22. The van der Waals surface area contributed by atoms with Crippen LogP contribution in [0.4, 0.5) is 18.9 Å². The molecule has 1 atom stereocenters. The maximum absolute atomic E-state index is 13.6. The molecule has 0 aliphatic rings. The van der Waals surface area contributed by atoms with Crippen LogP contribution in [0.25, 0.3) is 0 Å². The molecule has 0 bridgehead atoms. The van der Waals surface area contributed by atoms with E-state index in [-0.39, 0.29) is 0 Å². The van der Waals surface area contributed by atoms with Crippen LogP contribution in [0.1, 0.15) is 18.1 Å². The maximum atomic E-state index is 13.6. The van der Waals surface area contributed by atoms with Gasteiger partial charge in [0, 0.05) is 0 Å². The molecule has 1 amide bonds. The number of hydrogen-bond donors (Lipinski definition) is 1. The van der Waals surface area contributed by atoms with Crippen LogP contribution >= 0.6 is 0 Å². The van der Waals surface area contributed by atoms with Crippen molar-refractivity contribution in [1.29, 1.82) is 0 Å². The first-order valence-electron chi connectivity index (χ1n) is 8.03. The van der Waals surface area contributed by atoms with E-state index in [0.29, 0.717) is 11.8 Å². The summed E-state index contributed by atoms with van der Waals surface area (Å²) in [6.07, 6.45) is -1.30. The molecule has 0 radical (unpaired) electrons. The Morgan fingerprint density at radius 3 is 2.30 bits per heavy atom. The molecule has 0 aliphatic heterocycles. The Morgan fingerprint density at radius 1 is 1.04 bits per heavy atom. The first-order chi connectivity index (χ1) is 12.7. The fourth-order valence-corrected chi connectivity index (χ4v) is 2.30. The summed E-state index contributed by atoms with van der Waals surface area (Å²) in [4.78, 5) is 23.8. The molecular formula is C19H18F3NO4. The predicted octanol–water partition coefficient (Wildman–Crippen LogP) is 3.67. The van der Waals surface area contributed by atoms with Crippen LogP contribution in [-0.2, 0) is 14.3 Å². The van der Waals surface area contributed by atoms with E-state index in [4.69, 9.17) is 9.47 Å². The van der Waals surface area contributed by atoms with Crippen LogP contribution < -0.4 is 10.1 Å². The van der Waals surface area contributed by atoms with Crippen molar-refractivity contribution in [2.45, 2.75) is 26.9 Å². The average molecular weight is 381 g/mol. The minimum atomic E-state index is -1.71.